The van der Waals surface area contributed by atoms with Crippen LogP contribution in [0.3, 0.4) is 0 Å². The predicted molar refractivity (Wildman–Crippen MR) is 78.4 cm³/mol. The largest absolute Gasteiger partial charge is 0.352 e. The van der Waals surface area contributed by atoms with Gasteiger partial charge in [0.15, 0.2) is 0 Å². The SMILES string of the molecule is Cl.O=C(Cc1ccc(Cl)nc1)NCc1cccc(F)c1. The van der Waals surface area contributed by atoms with Crippen molar-refractivity contribution in [3.63, 3.8) is 0 Å². The van der Waals surface area contributed by atoms with E-state index in [0.717, 1.165) is 11.1 Å². The third-order valence-electron chi connectivity index (χ3n) is 2.53. The molecule has 1 aromatic heterocycles. The summed E-state index contributed by atoms with van der Waals surface area (Å²) >= 11 is 5.66. The molecule has 0 radical (unpaired) electrons. The lowest BCUT2D eigenvalue weighted by molar-refractivity contribution is -0.120. The van der Waals surface area contributed by atoms with Crippen LogP contribution in [0.1, 0.15) is 11.1 Å². The first kappa shape index (κ1) is 16.4. The maximum absolute atomic E-state index is 12.9. The molecular formula is C14H13Cl2FN2O. The number of rotatable bonds is 4. The fraction of sp³-hybridized carbons (Fsp3) is 0.143. The molecule has 0 aliphatic rings. The standard InChI is InChI=1S/C14H12ClFN2O.ClH/c15-13-5-4-11(8-17-13)7-14(19)18-9-10-2-1-3-12(16)6-10;/h1-6,8H,7,9H2,(H,18,19);1H. The summed E-state index contributed by atoms with van der Waals surface area (Å²) in [4.78, 5) is 15.6. The van der Waals surface area contributed by atoms with Gasteiger partial charge in [-0.25, -0.2) is 9.37 Å². The van der Waals surface area contributed by atoms with Gasteiger partial charge in [-0.05, 0) is 29.3 Å². The van der Waals surface area contributed by atoms with Crippen LogP contribution in [0.5, 0.6) is 0 Å². The Morgan fingerprint density at radius 3 is 2.70 bits per heavy atom. The summed E-state index contributed by atoms with van der Waals surface area (Å²) in [5.41, 5.74) is 1.50. The number of halogens is 3. The number of carbonyl (C=O) groups excluding carboxylic acids is 1. The minimum atomic E-state index is -0.311. The summed E-state index contributed by atoms with van der Waals surface area (Å²) < 4.78 is 12.9. The van der Waals surface area contributed by atoms with Crippen LogP contribution in [-0.4, -0.2) is 10.9 Å². The Balaban J connectivity index is 0.00000200. The van der Waals surface area contributed by atoms with Gasteiger partial charge in [-0.2, -0.15) is 0 Å². The van der Waals surface area contributed by atoms with E-state index in [1.807, 2.05) is 0 Å². The third-order valence-corrected chi connectivity index (χ3v) is 2.76. The molecule has 0 aliphatic heterocycles. The number of carbonyl (C=O) groups is 1. The van der Waals surface area contributed by atoms with Crippen molar-refractivity contribution in [2.75, 3.05) is 0 Å². The quantitative estimate of drug-likeness (QED) is 0.881. The minimum absolute atomic E-state index is 0. The van der Waals surface area contributed by atoms with Gasteiger partial charge < -0.3 is 5.32 Å². The topological polar surface area (TPSA) is 42.0 Å². The van der Waals surface area contributed by atoms with E-state index < -0.39 is 0 Å². The zero-order valence-corrected chi connectivity index (χ0v) is 12.0. The highest BCUT2D eigenvalue weighted by Crippen LogP contribution is 2.06. The maximum Gasteiger partial charge on any atom is 0.224 e. The smallest absolute Gasteiger partial charge is 0.224 e. The van der Waals surface area contributed by atoms with Crippen molar-refractivity contribution in [2.24, 2.45) is 0 Å². The highest BCUT2D eigenvalue weighted by Gasteiger charge is 2.04. The van der Waals surface area contributed by atoms with E-state index >= 15 is 0 Å². The van der Waals surface area contributed by atoms with Crippen LogP contribution < -0.4 is 5.32 Å². The number of amides is 1. The number of nitrogens with one attached hydrogen (secondary N) is 1. The van der Waals surface area contributed by atoms with Crippen LogP contribution in [0.25, 0.3) is 0 Å². The number of benzene rings is 1. The van der Waals surface area contributed by atoms with E-state index in [-0.39, 0.29) is 30.6 Å². The summed E-state index contributed by atoms with van der Waals surface area (Å²) in [6.45, 7) is 0.303. The van der Waals surface area contributed by atoms with Crippen LogP contribution in [0.4, 0.5) is 4.39 Å². The first-order valence-corrected chi connectivity index (χ1v) is 6.13. The molecular weight excluding hydrogens is 302 g/mol. The number of hydrogen-bond donors (Lipinski definition) is 1. The second-order valence-corrected chi connectivity index (χ2v) is 4.46. The summed E-state index contributed by atoms with van der Waals surface area (Å²) in [5.74, 6) is -0.456. The molecule has 3 nitrogen and oxygen atoms in total. The van der Waals surface area contributed by atoms with E-state index in [4.69, 9.17) is 11.6 Å². The molecule has 1 heterocycles. The molecule has 106 valence electrons. The Morgan fingerprint density at radius 1 is 1.25 bits per heavy atom. The second kappa shape index (κ2) is 7.82. The van der Waals surface area contributed by atoms with Crippen molar-refractivity contribution in [3.8, 4) is 0 Å². The van der Waals surface area contributed by atoms with Crippen LogP contribution in [0, 0.1) is 5.82 Å². The first-order chi connectivity index (χ1) is 9.13. The molecule has 0 unspecified atom stereocenters. The average Bonchev–Trinajstić information content (AvgIpc) is 2.39. The minimum Gasteiger partial charge on any atom is -0.352 e. The number of nitrogens with zero attached hydrogens (tertiary/aromatic N) is 1. The predicted octanol–water partition coefficient (Wildman–Crippen LogP) is 3.15. The van der Waals surface area contributed by atoms with E-state index in [1.54, 1.807) is 30.5 Å². The Kier molecular flexibility index (Phi) is 6.42. The zero-order chi connectivity index (χ0) is 13.7. The van der Waals surface area contributed by atoms with Gasteiger partial charge in [0.2, 0.25) is 5.91 Å². The van der Waals surface area contributed by atoms with Crippen molar-refractivity contribution in [2.45, 2.75) is 13.0 Å². The molecule has 2 rings (SSSR count). The fourth-order valence-corrected chi connectivity index (χ4v) is 1.72. The highest BCUT2D eigenvalue weighted by molar-refractivity contribution is 6.29. The van der Waals surface area contributed by atoms with E-state index in [2.05, 4.69) is 10.3 Å². The molecule has 0 spiro atoms. The van der Waals surface area contributed by atoms with Gasteiger partial charge in [-0.15, -0.1) is 12.4 Å². The third kappa shape index (κ3) is 5.15. The van der Waals surface area contributed by atoms with Gasteiger partial charge in [0.1, 0.15) is 11.0 Å². The lowest BCUT2D eigenvalue weighted by atomic mass is 10.2. The molecule has 0 aliphatic carbocycles. The van der Waals surface area contributed by atoms with Gasteiger partial charge in [0.25, 0.3) is 0 Å². The first-order valence-electron chi connectivity index (χ1n) is 5.75. The van der Waals surface area contributed by atoms with Crippen molar-refractivity contribution in [1.29, 1.82) is 0 Å². The second-order valence-electron chi connectivity index (χ2n) is 4.07. The lowest BCUT2D eigenvalue weighted by Crippen LogP contribution is -2.24. The van der Waals surface area contributed by atoms with Crippen molar-refractivity contribution in [3.05, 3.63) is 64.7 Å². The summed E-state index contributed by atoms with van der Waals surface area (Å²) in [5, 5.41) is 3.12. The molecule has 1 aromatic carbocycles. The molecule has 6 heteroatoms. The molecule has 2 aromatic rings. The molecule has 0 saturated carbocycles. The molecule has 0 bridgehead atoms. The summed E-state index contributed by atoms with van der Waals surface area (Å²) in [6.07, 6.45) is 1.78. The molecule has 1 N–H and O–H groups in total. The Bertz CT molecular complexity index is 576. The van der Waals surface area contributed by atoms with E-state index in [1.165, 1.54) is 12.1 Å². The molecule has 1 amide bonds. The van der Waals surface area contributed by atoms with Crippen molar-refractivity contribution >= 4 is 29.9 Å². The Labute approximate surface area is 127 Å². The van der Waals surface area contributed by atoms with E-state index in [9.17, 15) is 9.18 Å². The van der Waals surface area contributed by atoms with Crippen LogP contribution in [0.15, 0.2) is 42.6 Å². The van der Waals surface area contributed by atoms with E-state index in [0.29, 0.717) is 11.7 Å². The summed E-state index contributed by atoms with van der Waals surface area (Å²) in [7, 11) is 0. The molecule has 20 heavy (non-hydrogen) atoms. The van der Waals surface area contributed by atoms with Crippen LogP contribution in [0.2, 0.25) is 5.15 Å². The number of aromatic nitrogens is 1. The molecule has 0 fully saturated rings. The average molecular weight is 315 g/mol. The number of hydrogen-bond acceptors (Lipinski definition) is 2. The van der Waals surface area contributed by atoms with Crippen molar-refractivity contribution in [1.82, 2.24) is 10.3 Å². The van der Waals surface area contributed by atoms with Gasteiger partial charge in [-0.3, -0.25) is 4.79 Å². The van der Waals surface area contributed by atoms with Gasteiger partial charge in [0, 0.05) is 12.7 Å². The molecule has 0 saturated heterocycles. The monoisotopic (exact) mass is 314 g/mol. The summed E-state index contributed by atoms with van der Waals surface area (Å²) in [6, 6.07) is 9.51. The number of pyridine rings is 1. The van der Waals surface area contributed by atoms with Crippen molar-refractivity contribution < 1.29 is 9.18 Å². The van der Waals surface area contributed by atoms with Gasteiger partial charge >= 0.3 is 0 Å². The van der Waals surface area contributed by atoms with Crippen LogP contribution in [-0.2, 0) is 17.8 Å². The Hall–Kier alpha value is -1.65. The van der Waals surface area contributed by atoms with Gasteiger partial charge in [0.05, 0.1) is 6.42 Å². The normalized spacial score (nSPS) is 9.70. The van der Waals surface area contributed by atoms with Gasteiger partial charge in [-0.1, -0.05) is 29.8 Å². The van der Waals surface area contributed by atoms with Crippen LogP contribution >= 0.6 is 24.0 Å². The Morgan fingerprint density at radius 2 is 2.05 bits per heavy atom. The maximum atomic E-state index is 12.9. The highest BCUT2D eigenvalue weighted by atomic mass is 35.5. The zero-order valence-electron chi connectivity index (χ0n) is 10.5. The fourth-order valence-electron chi connectivity index (χ4n) is 1.61. The molecule has 0 atom stereocenters. The lowest BCUT2D eigenvalue weighted by Gasteiger charge is -2.05.